The van der Waals surface area contributed by atoms with Gasteiger partial charge in [-0.15, -0.1) is 0 Å². The van der Waals surface area contributed by atoms with Crippen molar-refractivity contribution in [1.29, 1.82) is 0 Å². The van der Waals surface area contributed by atoms with Gasteiger partial charge in [-0.3, -0.25) is 4.79 Å². The number of carbonyl (C=O) groups excluding carboxylic acids is 1. The van der Waals surface area contributed by atoms with Crippen molar-refractivity contribution in [1.82, 2.24) is 10.2 Å². The predicted octanol–water partition coefficient (Wildman–Crippen LogP) is 2.56. The largest absolute Gasteiger partial charge is 0.341 e. The van der Waals surface area contributed by atoms with Crippen LogP contribution in [-0.4, -0.2) is 36.5 Å². The molecule has 1 unspecified atom stereocenters. The number of rotatable bonds is 8. The molecule has 0 saturated carbocycles. The molecule has 1 saturated heterocycles. The van der Waals surface area contributed by atoms with E-state index >= 15 is 0 Å². The summed E-state index contributed by atoms with van der Waals surface area (Å²) < 4.78 is 0. The van der Waals surface area contributed by atoms with Gasteiger partial charge in [0.05, 0.1) is 0 Å². The summed E-state index contributed by atoms with van der Waals surface area (Å²) in [4.78, 5) is 14.2. The Labute approximate surface area is 106 Å². The van der Waals surface area contributed by atoms with Gasteiger partial charge in [0.25, 0.3) is 0 Å². The molecule has 3 nitrogen and oxygen atoms in total. The first-order valence-corrected chi connectivity index (χ1v) is 7.29. The van der Waals surface area contributed by atoms with Crippen LogP contribution in [0.25, 0.3) is 0 Å². The van der Waals surface area contributed by atoms with Gasteiger partial charge in [-0.2, -0.15) is 0 Å². The van der Waals surface area contributed by atoms with Crippen LogP contribution in [0.15, 0.2) is 0 Å². The highest BCUT2D eigenvalue weighted by atomic mass is 16.2. The lowest BCUT2D eigenvalue weighted by Crippen LogP contribution is -2.41. The standard InChI is InChI=1S/C14H28N2O/c1-3-5-6-9-14(17)16(11-4-2)12-13-8-7-10-15-13/h13,15H,3-12H2,1-2H3. The average Bonchev–Trinajstić information content (AvgIpc) is 2.81. The van der Waals surface area contributed by atoms with Crippen molar-refractivity contribution in [2.75, 3.05) is 19.6 Å². The van der Waals surface area contributed by atoms with E-state index in [2.05, 4.69) is 24.1 Å². The van der Waals surface area contributed by atoms with Crippen LogP contribution < -0.4 is 5.32 Å². The van der Waals surface area contributed by atoms with E-state index in [1.54, 1.807) is 0 Å². The fourth-order valence-corrected chi connectivity index (χ4v) is 2.45. The first-order valence-electron chi connectivity index (χ1n) is 7.29. The van der Waals surface area contributed by atoms with Crippen LogP contribution in [0, 0.1) is 0 Å². The highest BCUT2D eigenvalue weighted by Gasteiger charge is 2.20. The normalized spacial score (nSPS) is 19.5. The molecule has 0 spiro atoms. The quantitative estimate of drug-likeness (QED) is 0.661. The van der Waals surface area contributed by atoms with Crippen molar-refractivity contribution in [2.24, 2.45) is 0 Å². The fourth-order valence-electron chi connectivity index (χ4n) is 2.45. The summed E-state index contributed by atoms with van der Waals surface area (Å²) in [6.07, 6.45) is 7.69. The summed E-state index contributed by atoms with van der Waals surface area (Å²) in [6, 6.07) is 0.539. The van der Waals surface area contributed by atoms with Crippen molar-refractivity contribution in [3.63, 3.8) is 0 Å². The Hall–Kier alpha value is -0.570. The second kappa shape index (κ2) is 8.51. The molecule has 1 amide bonds. The van der Waals surface area contributed by atoms with E-state index in [1.165, 1.54) is 25.7 Å². The van der Waals surface area contributed by atoms with Gasteiger partial charge in [0.15, 0.2) is 0 Å². The number of hydrogen-bond acceptors (Lipinski definition) is 2. The molecule has 0 radical (unpaired) electrons. The Morgan fingerprint density at radius 1 is 1.29 bits per heavy atom. The smallest absolute Gasteiger partial charge is 0.222 e. The summed E-state index contributed by atoms with van der Waals surface area (Å²) >= 11 is 0. The molecule has 1 fully saturated rings. The Bertz CT molecular complexity index is 212. The van der Waals surface area contributed by atoms with Gasteiger partial charge in [0, 0.05) is 25.6 Å². The van der Waals surface area contributed by atoms with E-state index in [4.69, 9.17) is 0 Å². The van der Waals surface area contributed by atoms with E-state index in [1.807, 2.05) is 0 Å². The lowest BCUT2D eigenvalue weighted by Gasteiger charge is -2.25. The minimum Gasteiger partial charge on any atom is -0.341 e. The summed E-state index contributed by atoms with van der Waals surface area (Å²) in [6.45, 7) is 7.28. The van der Waals surface area contributed by atoms with Crippen LogP contribution in [0.4, 0.5) is 0 Å². The Balaban J connectivity index is 2.31. The molecule has 3 heteroatoms. The summed E-state index contributed by atoms with van der Waals surface area (Å²) in [7, 11) is 0. The van der Waals surface area contributed by atoms with E-state index in [0.29, 0.717) is 11.9 Å². The van der Waals surface area contributed by atoms with Crippen LogP contribution in [0.2, 0.25) is 0 Å². The van der Waals surface area contributed by atoms with E-state index in [9.17, 15) is 4.79 Å². The molecule has 0 aliphatic carbocycles. The van der Waals surface area contributed by atoms with Crippen LogP contribution in [0.1, 0.15) is 58.8 Å². The molecule has 1 atom stereocenters. The molecule has 0 aromatic carbocycles. The summed E-state index contributed by atoms with van der Waals surface area (Å²) in [5.41, 5.74) is 0. The minimum absolute atomic E-state index is 0.356. The van der Waals surface area contributed by atoms with Crippen molar-refractivity contribution in [2.45, 2.75) is 64.8 Å². The molecule has 1 heterocycles. The zero-order chi connectivity index (χ0) is 12.5. The molecule has 100 valence electrons. The van der Waals surface area contributed by atoms with Crippen molar-refractivity contribution >= 4 is 5.91 Å². The topological polar surface area (TPSA) is 32.3 Å². The van der Waals surface area contributed by atoms with Crippen molar-refractivity contribution in [3.8, 4) is 0 Å². The first-order chi connectivity index (χ1) is 8.27. The molecule has 0 aromatic rings. The van der Waals surface area contributed by atoms with E-state index in [-0.39, 0.29) is 0 Å². The minimum atomic E-state index is 0.356. The second-order valence-electron chi connectivity index (χ2n) is 5.09. The highest BCUT2D eigenvalue weighted by molar-refractivity contribution is 5.76. The molecule has 0 bridgehead atoms. The SMILES string of the molecule is CCCCCC(=O)N(CCC)CC1CCCN1. The number of nitrogens with one attached hydrogen (secondary N) is 1. The van der Waals surface area contributed by atoms with Crippen LogP contribution >= 0.6 is 0 Å². The number of hydrogen-bond donors (Lipinski definition) is 1. The Morgan fingerprint density at radius 3 is 2.71 bits per heavy atom. The molecule has 1 rings (SSSR count). The molecular weight excluding hydrogens is 212 g/mol. The maximum Gasteiger partial charge on any atom is 0.222 e. The summed E-state index contributed by atoms with van der Waals surface area (Å²) in [5, 5.41) is 3.47. The van der Waals surface area contributed by atoms with Crippen molar-refractivity contribution in [3.05, 3.63) is 0 Å². The Morgan fingerprint density at radius 2 is 2.12 bits per heavy atom. The number of unbranched alkanes of at least 4 members (excludes halogenated alkanes) is 2. The maximum atomic E-state index is 12.1. The van der Waals surface area contributed by atoms with Gasteiger partial charge in [0.1, 0.15) is 0 Å². The number of carbonyl (C=O) groups is 1. The van der Waals surface area contributed by atoms with Gasteiger partial charge in [-0.05, 0) is 32.2 Å². The highest BCUT2D eigenvalue weighted by Crippen LogP contribution is 2.10. The third-order valence-corrected chi connectivity index (χ3v) is 3.44. The maximum absolute atomic E-state index is 12.1. The van der Waals surface area contributed by atoms with Crippen LogP contribution in [0.5, 0.6) is 0 Å². The van der Waals surface area contributed by atoms with E-state index in [0.717, 1.165) is 38.9 Å². The predicted molar refractivity (Wildman–Crippen MR) is 72.0 cm³/mol. The zero-order valence-electron chi connectivity index (χ0n) is 11.5. The monoisotopic (exact) mass is 240 g/mol. The fraction of sp³-hybridized carbons (Fsp3) is 0.929. The molecule has 1 aliphatic heterocycles. The third kappa shape index (κ3) is 5.53. The van der Waals surface area contributed by atoms with Crippen LogP contribution in [0.3, 0.4) is 0 Å². The van der Waals surface area contributed by atoms with Gasteiger partial charge in [0.2, 0.25) is 5.91 Å². The summed E-state index contributed by atoms with van der Waals surface area (Å²) in [5.74, 6) is 0.356. The molecule has 1 aliphatic rings. The van der Waals surface area contributed by atoms with Crippen LogP contribution in [-0.2, 0) is 4.79 Å². The molecular formula is C14H28N2O. The average molecular weight is 240 g/mol. The van der Waals surface area contributed by atoms with Gasteiger partial charge >= 0.3 is 0 Å². The lowest BCUT2D eigenvalue weighted by molar-refractivity contribution is -0.131. The Kier molecular flexibility index (Phi) is 7.25. The lowest BCUT2D eigenvalue weighted by atomic mass is 10.1. The number of nitrogens with zero attached hydrogens (tertiary/aromatic N) is 1. The van der Waals surface area contributed by atoms with E-state index < -0.39 is 0 Å². The van der Waals surface area contributed by atoms with Gasteiger partial charge in [-0.1, -0.05) is 26.7 Å². The van der Waals surface area contributed by atoms with Gasteiger partial charge < -0.3 is 10.2 Å². The zero-order valence-corrected chi connectivity index (χ0v) is 11.5. The van der Waals surface area contributed by atoms with Gasteiger partial charge in [-0.25, -0.2) is 0 Å². The molecule has 1 N–H and O–H groups in total. The molecule has 17 heavy (non-hydrogen) atoms. The molecule has 0 aromatic heterocycles. The number of amides is 1. The van der Waals surface area contributed by atoms with Crippen molar-refractivity contribution < 1.29 is 4.79 Å². The third-order valence-electron chi connectivity index (χ3n) is 3.44. The second-order valence-corrected chi connectivity index (χ2v) is 5.09. The first kappa shape index (κ1) is 14.5.